The number of allylic oxidation sites excluding steroid dienone is 1. The summed E-state index contributed by atoms with van der Waals surface area (Å²) in [5.74, 6) is -0.141. The number of carbonyl (C=O) groups excluding carboxylic acids is 2. The molecule has 0 aromatic heterocycles. The summed E-state index contributed by atoms with van der Waals surface area (Å²) in [6, 6.07) is 3.67. The molecule has 88 valence electrons. The van der Waals surface area contributed by atoms with Crippen LogP contribution in [0.2, 0.25) is 0 Å². The molecule has 1 aromatic carbocycles. The maximum absolute atomic E-state index is 11.7. The molecule has 1 heterocycles. The quantitative estimate of drug-likeness (QED) is 0.621. The molecule has 1 aliphatic rings. The molecule has 1 amide bonds. The van der Waals surface area contributed by atoms with Crippen molar-refractivity contribution in [2.45, 2.75) is 13.3 Å². The van der Waals surface area contributed by atoms with Gasteiger partial charge in [-0.25, -0.2) is 0 Å². The van der Waals surface area contributed by atoms with Crippen LogP contribution in [0, 0.1) is 0 Å². The summed E-state index contributed by atoms with van der Waals surface area (Å²) >= 11 is 3.38. The first-order valence-corrected chi connectivity index (χ1v) is 6.11. The maximum Gasteiger partial charge on any atom is 0.223 e. The number of fused-ring (bicyclic) bond motifs is 1. The van der Waals surface area contributed by atoms with Crippen LogP contribution >= 0.6 is 15.9 Å². The van der Waals surface area contributed by atoms with Crippen molar-refractivity contribution < 1.29 is 9.59 Å². The van der Waals surface area contributed by atoms with E-state index in [1.165, 1.54) is 13.0 Å². The Kier molecular flexibility index (Phi) is 3.15. The molecule has 1 aromatic rings. The minimum absolute atomic E-state index is 0.00285. The van der Waals surface area contributed by atoms with Gasteiger partial charge in [-0.05, 0) is 30.2 Å². The average Bonchev–Trinajstić information content (AvgIpc) is 2.69. The Balaban J connectivity index is 2.54. The average molecular weight is 294 g/mol. The summed E-state index contributed by atoms with van der Waals surface area (Å²) in [4.78, 5) is 24.8. The third-order valence-electron chi connectivity index (χ3n) is 2.89. The molecule has 0 spiro atoms. The first-order chi connectivity index (χ1) is 8.04. The van der Waals surface area contributed by atoms with Crippen LogP contribution in [0.4, 0.5) is 5.69 Å². The van der Waals surface area contributed by atoms with Gasteiger partial charge in [-0.15, -0.1) is 0 Å². The number of hydrogen-bond donors (Lipinski definition) is 0. The largest absolute Gasteiger partial charge is 0.312 e. The SMILES string of the molecule is C=CC(=O)c1cc2c(cc1Br)CCN2C(C)=O. The predicted molar refractivity (Wildman–Crippen MR) is 70.4 cm³/mol. The molecular weight excluding hydrogens is 282 g/mol. The van der Waals surface area contributed by atoms with Crippen molar-refractivity contribution in [2.75, 3.05) is 11.4 Å². The van der Waals surface area contributed by atoms with Crippen molar-refractivity contribution in [1.29, 1.82) is 0 Å². The fraction of sp³-hybridized carbons (Fsp3) is 0.231. The molecule has 4 heteroatoms. The molecule has 0 radical (unpaired) electrons. The molecule has 17 heavy (non-hydrogen) atoms. The molecule has 3 nitrogen and oxygen atoms in total. The number of nitrogens with zero attached hydrogens (tertiary/aromatic N) is 1. The highest BCUT2D eigenvalue weighted by atomic mass is 79.9. The molecule has 1 aliphatic heterocycles. The van der Waals surface area contributed by atoms with Gasteiger partial charge in [0, 0.05) is 29.2 Å². The number of halogens is 1. The second-order valence-electron chi connectivity index (χ2n) is 3.95. The fourth-order valence-electron chi connectivity index (χ4n) is 2.03. The van der Waals surface area contributed by atoms with Crippen LogP contribution in [-0.2, 0) is 11.2 Å². The minimum Gasteiger partial charge on any atom is -0.312 e. The second kappa shape index (κ2) is 4.45. The summed E-state index contributed by atoms with van der Waals surface area (Å²) < 4.78 is 0.756. The van der Waals surface area contributed by atoms with Crippen LogP contribution in [0.15, 0.2) is 29.3 Å². The van der Waals surface area contributed by atoms with E-state index in [-0.39, 0.29) is 11.7 Å². The van der Waals surface area contributed by atoms with Crippen molar-refractivity contribution in [3.8, 4) is 0 Å². The summed E-state index contributed by atoms with van der Waals surface area (Å²) in [5, 5.41) is 0. The first-order valence-electron chi connectivity index (χ1n) is 5.32. The molecule has 0 bridgehead atoms. The van der Waals surface area contributed by atoms with Gasteiger partial charge < -0.3 is 4.90 Å². The van der Waals surface area contributed by atoms with E-state index >= 15 is 0 Å². The van der Waals surface area contributed by atoms with Gasteiger partial charge in [0.2, 0.25) is 5.91 Å². The molecule has 0 fully saturated rings. The third-order valence-corrected chi connectivity index (χ3v) is 3.55. The lowest BCUT2D eigenvalue weighted by atomic mass is 10.1. The Morgan fingerprint density at radius 1 is 1.47 bits per heavy atom. The van der Waals surface area contributed by atoms with Gasteiger partial charge in [0.1, 0.15) is 0 Å². The highest BCUT2D eigenvalue weighted by Gasteiger charge is 2.24. The Morgan fingerprint density at radius 2 is 2.18 bits per heavy atom. The highest BCUT2D eigenvalue weighted by molar-refractivity contribution is 9.10. The van der Waals surface area contributed by atoms with Crippen LogP contribution in [0.25, 0.3) is 0 Å². The van der Waals surface area contributed by atoms with Gasteiger partial charge in [0.25, 0.3) is 0 Å². The number of hydrogen-bond acceptors (Lipinski definition) is 2. The first kappa shape index (κ1) is 12.0. The van der Waals surface area contributed by atoms with Crippen molar-refractivity contribution in [3.63, 3.8) is 0 Å². The van der Waals surface area contributed by atoms with Crippen LogP contribution < -0.4 is 4.90 Å². The van der Waals surface area contributed by atoms with Crippen LogP contribution in [0.3, 0.4) is 0 Å². The summed E-state index contributed by atoms with van der Waals surface area (Å²) in [6.07, 6.45) is 2.11. The lowest BCUT2D eigenvalue weighted by Gasteiger charge is -2.15. The summed E-state index contributed by atoms with van der Waals surface area (Å²) in [6.45, 7) is 5.69. The predicted octanol–water partition coefficient (Wildman–Crippen LogP) is 2.73. The number of rotatable bonds is 2. The Hall–Kier alpha value is -1.42. The van der Waals surface area contributed by atoms with E-state index in [0.717, 1.165) is 22.1 Å². The third kappa shape index (κ3) is 2.05. The fourth-order valence-corrected chi connectivity index (χ4v) is 2.62. The lowest BCUT2D eigenvalue weighted by molar-refractivity contribution is -0.116. The number of amides is 1. The van der Waals surface area contributed by atoms with E-state index in [9.17, 15) is 9.59 Å². The monoisotopic (exact) mass is 293 g/mol. The highest BCUT2D eigenvalue weighted by Crippen LogP contribution is 2.33. The Bertz CT molecular complexity index is 522. The van der Waals surface area contributed by atoms with E-state index < -0.39 is 0 Å². The van der Waals surface area contributed by atoms with Crippen molar-refractivity contribution >= 4 is 33.3 Å². The smallest absolute Gasteiger partial charge is 0.223 e. The Labute approximate surface area is 108 Å². The zero-order valence-electron chi connectivity index (χ0n) is 9.50. The lowest BCUT2D eigenvalue weighted by Crippen LogP contribution is -2.25. The van der Waals surface area contributed by atoms with Gasteiger partial charge in [0.15, 0.2) is 5.78 Å². The summed E-state index contributed by atoms with van der Waals surface area (Å²) in [7, 11) is 0. The van der Waals surface area contributed by atoms with Gasteiger partial charge in [-0.3, -0.25) is 9.59 Å². The normalized spacial score (nSPS) is 13.4. The van der Waals surface area contributed by atoms with Crippen molar-refractivity contribution in [1.82, 2.24) is 0 Å². The Morgan fingerprint density at radius 3 is 2.76 bits per heavy atom. The molecule has 0 saturated heterocycles. The molecule has 0 unspecified atom stereocenters. The van der Waals surface area contributed by atoms with Crippen molar-refractivity contribution in [2.24, 2.45) is 0 Å². The van der Waals surface area contributed by atoms with Crippen LogP contribution in [0.5, 0.6) is 0 Å². The molecule has 0 N–H and O–H groups in total. The topological polar surface area (TPSA) is 37.4 Å². The van der Waals surface area contributed by atoms with E-state index in [1.54, 1.807) is 11.0 Å². The second-order valence-corrected chi connectivity index (χ2v) is 4.80. The van der Waals surface area contributed by atoms with E-state index in [1.807, 2.05) is 6.07 Å². The van der Waals surface area contributed by atoms with Gasteiger partial charge in [-0.2, -0.15) is 0 Å². The van der Waals surface area contributed by atoms with E-state index in [0.29, 0.717) is 12.1 Å². The van der Waals surface area contributed by atoms with Gasteiger partial charge in [0.05, 0.1) is 0 Å². The number of anilines is 1. The molecule has 0 atom stereocenters. The summed E-state index contributed by atoms with van der Waals surface area (Å²) in [5.41, 5.74) is 2.48. The van der Waals surface area contributed by atoms with Crippen LogP contribution in [-0.4, -0.2) is 18.2 Å². The molecule has 0 aliphatic carbocycles. The number of ketones is 1. The van der Waals surface area contributed by atoms with Crippen LogP contribution in [0.1, 0.15) is 22.8 Å². The van der Waals surface area contributed by atoms with E-state index in [2.05, 4.69) is 22.5 Å². The zero-order chi connectivity index (χ0) is 12.6. The number of carbonyl (C=O) groups is 2. The standard InChI is InChI=1S/C13H12BrNO2/c1-3-13(17)10-7-12-9(6-11(10)14)4-5-15(12)8(2)16/h3,6-7H,1,4-5H2,2H3. The maximum atomic E-state index is 11.7. The zero-order valence-corrected chi connectivity index (χ0v) is 11.1. The van der Waals surface area contributed by atoms with E-state index in [4.69, 9.17) is 0 Å². The van der Waals surface area contributed by atoms with Gasteiger partial charge >= 0.3 is 0 Å². The minimum atomic E-state index is -0.143. The van der Waals surface area contributed by atoms with Crippen molar-refractivity contribution in [3.05, 3.63) is 40.4 Å². The molecule has 0 saturated carbocycles. The molecular formula is C13H12BrNO2. The van der Waals surface area contributed by atoms with Gasteiger partial charge in [-0.1, -0.05) is 22.5 Å². The molecule has 2 rings (SSSR count). The number of benzene rings is 1.